The zero-order valence-electron chi connectivity index (χ0n) is 30.5. The van der Waals surface area contributed by atoms with Crippen LogP contribution in [0.25, 0.3) is 0 Å². The van der Waals surface area contributed by atoms with Gasteiger partial charge in [-0.1, -0.05) is 0 Å². The van der Waals surface area contributed by atoms with Gasteiger partial charge < -0.3 is 48.0 Å². The molecule has 284 valence electrons. The van der Waals surface area contributed by atoms with Crippen LogP contribution in [0.15, 0.2) is 0 Å². The second kappa shape index (κ2) is 29.6. The van der Waals surface area contributed by atoms with Gasteiger partial charge in [-0.25, -0.2) is 0 Å². The Balaban J connectivity index is 5.53. The Morgan fingerprint density at radius 1 is 0.286 bits per heavy atom. The molecule has 0 amide bonds. The quantitative estimate of drug-likeness (QED) is 0.0757. The third-order valence-corrected chi connectivity index (χ3v) is 8.01. The third kappa shape index (κ3) is 25.3. The molecule has 16 heteroatoms. The van der Waals surface area contributed by atoms with Crippen LogP contribution in [0.4, 0.5) is 0 Å². The van der Waals surface area contributed by atoms with Crippen LogP contribution in [0, 0.1) is 0 Å². The van der Waals surface area contributed by atoms with Gasteiger partial charge in [-0.15, -0.1) is 0 Å². The molecular weight excluding hydrogens is 644 g/mol. The van der Waals surface area contributed by atoms with E-state index in [9.17, 15) is 28.8 Å². The molecule has 0 aromatic heterocycles. The molecule has 0 aliphatic heterocycles. The summed E-state index contributed by atoms with van der Waals surface area (Å²) in [5, 5.41) is 0. The molecular formula is C33H60N4O12. The molecule has 0 fully saturated rings. The normalized spacial score (nSPS) is 11.1. The summed E-state index contributed by atoms with van der Waals surface area (Å²) in [6.07, 6.45) is 3.57. The van der Waals surface area contributed by atoms with Gasteiger partial charge in [-0.05, 0) is 58.5 Å². The Labute approximate surface area is 291 Å². The largest absolute Gasteiger partial charge is 0.469 e. The molecule has 0 heterocycles. The number of rotatable bonds is 30. The molecule has 0 aliphatic rings. The van der Waals surface area contributed by atoms with Crippen LogP contribution in [0.3, 0.4) is 0 Å². The van der Waals surface area contributed by atoms with E-state index in [1.165, 1.54) is 42.7 Å². The van der Waals surface area contributed by atoms with E-state index >= 15 is 0 Å². The summed E-state index contributed by atoms with van der Waals surface area (Å²) in [6.45, 7) is 6.89. The number of nitrogens with zero attached hydrogens (tertiary/aromatic N) is 4. The lowest BCUT2D eigenvalue weighted by Crippen LogP contribution is -2.37. The van der Waals surface area contributed by atoms with E-state index in [0.717, 1.165) is 38.9 Å². The zero-order chi connectivity index (χ0) is 36.9. The lowest BCUT2D eigenvalue weighted by Gasteiger charge is -2.28. The highest BCUT2D eigenvalue weighted by atomic mass is 16.5. The van der Waals surface area contributed by atoms with Crippen LogP contribution < -0.4 is 0 Å². The van der Waals surface area contributed by atoms with Crippen molar-refractivity contribution in [2.45, 2.75) is 57.8 Å². The molecule has 0 rings (SSSR count). The minimum absolute atomic E-state index is 0.210. The van der Waals surface area contributed by atoms with Gasteiger partial charge in [-0.2, -0.15) is 0 Å². The first kappa shape index (κ1) is 45.7. The average Bonchev–Trinajstić information content (AvgIpc) is 3.12. The molecule has 0 aromatic rings. The molecule has 49 heavy (non-hydrogen) atoms. The highest BCUT2D eigenvalue weighted by molar-refractivity contribution is 5.71. The number of carbonyl (C=O) groups is 6. The maximum atomic E-state index is 11.8. The van der Waals surface area contributed by atoms with Gasteiger partial charge in [0.05, 0.1) is 81.2 Å². The topological polar surface area (TPSA) is 171 Å². The molecule has 0 aliphatic carbocycles. The SMILES string of the molecule is COC(=O)CCN(CCCN(CCCN(CCC(=O)OC)CCC(=O)OC)CCCN(CCC(=O)OC)CCC(=O)OC)CCC(=O)OC. The highest BCUT2D eigenvalue weighted by Gasteiger charge is 2.16. The van der Waals surface area contributed by atoms with Gasteiger partial charge in [0.25, 0.3) is 0 Å². The van der Waals surface area contributed by atoms with Gasteiger partial charge in [0.1, 0.15) is 0 Å². The minimum Gasteiger partial charge on any atom is -0.469 e. The zero-order valence-corrected chi connectivity index (χ0v) is 30.5. The van der Waals surface area contributed by atoms with E-state index in [4.69, 9.17) is 28.4 Å². The van der Waals surface area contributed by atoms with Crippen molar-refractivity contribution in [3.8, 4) is 0 Å². The number of methoxy groups -OCH3 is 6. The van der Waals surface area contributed by atoms with Gasteiger partial charge >= 0.3 is 35.8 Å². The first-order valence-corrected chi connectivity index (χ1v) is 16.8. The summed E-state index contributed by atoms with van der Waals surface area (Å²) < 4.78 is 28.7. The number of hydrogen-bond donors (Lipinski definition) is 0. The van der Waals surface area contributed by atoms with Crippen LogP contribution in [0.5, 0.6) is 0 Å². The van der Waals surface area contributed by atoms with E-state index in [0.29, 0.717) is 58.9 Å². The number of esters is 6. The van der Waals surface area contributed by atoms with Crippen LogP contribution in [0.2, 0.25) is 0 Å². The molecule has 0 atom stereocenters. The maximum absolute atomic E-state index is 11.8. The third-order valence-electron chi connectivity index (χ3n) is 8.01. The predicted molar refractivity (Wildman–Crippen MR) is 179 cm³/mol. The molecule has 0 spiro atoms. The second-order valence-corrected chi connectivity index (χ2v) is 11.4. The van der Waals surface area contributed by atoms with Gasteiger partial charge in [0, 0.05) is 39.3 Å². The van der Waals surface area contributed by atoms with E-state index in [2.05, 4.69) is 19.6 Å². The van der Waals surface area contributed by atoms with Crippen molar-refractivity contribution in [1.29, 1.82) is 0 Å². The van der Waals surface area contributed by atoms with Crippen molar-refractivity contribution < 1.29 is 57.2 Å². The fourth-order valence-electron chi connectivity index (χ4n) is 5.00. The predicted octanol–water partition coefficient (Wildman–Crippen LogP) is 0.743. The van der Waals surface area contributed by atoms with Crippen LogP contribution >= 0.6 is 0 Å². The van der Waals surface area contributed by atoms with E-state index in [1.54, 1.807) is 0 Å². The lowest BCUT2D eigenvalue weighted by atomic mass is 10.2. The summed E-state index contributed by atoms with van der Waals surface area (Å²) in [5.41, 5.74) is 0. The van der Waals surface area contributed by atoms with Gasteiger partial charge in [-0.3, -0.25) is 28.8 Å². The molecule has 0 N–H and O–H groups in total. The maximum Gasteiger partial charge on any atom is 0.306 e. The summed E-state index contributed by atoms with van der Waals surface area (Å²) in [4.78, 5) is 79.2. The van der Waals surface area contributed by atoms with Gasteiger partial charge in [0.2, 0.25) is 0 Å². The molecule has 0 bridgehead atoms. The lowest BCUT2D eigenvalue weighted by molar-refractivity contribution is -0.142. The Morgan fingerprint density at radius 3 is 0.571 bits per heavy atom. The van der Waals surface area contributed by atoms with Crippen molar-refractivity contribution >= 4 is 35.8 Å². The second-order valence-electron chi connectivity index (χ2n) is 11.4. The number of ether oxygens (including phenoxy) is 6. The van der Waals surface area contributed by atoms with E-state index in [1.807, 2.05) is 0 Å². The van der Waals surface area contributed by atoms with Crippen LogP contribution in [0.1, 0.15) is 57.8 Å². The molecule has 16 nitrogen and oxygen atoms in total. The first-order chi connectivity index (χ1) is 23.5. The fourth-order valence-corrected chi connectivity index (χ4v) is 5.00. The van der Waals surface area contributed by atoms with E-state index < -0.39 is 0 Å². The monoisotopic (exact) mass is 704 g/mol. The van der Waals surface area contributed by atoms with E-state index in [-0.39, 0.29) is 74.3 Å². The first-order valence-electron chi connectivity index (χ1n) is 16.8. The van der Waals surface area contributed by atoms with Crippen molar-refractivity contribution in [1.82, 2.24) is 19.6 Å². The van der Waals surface area contributed by atoms with Crippen LogP contribution in [-0.2, 0) is 57.2 Å². The van der Waals surface area contributed by atoms with Gasteiger partial charge in [0.15, 0.2) is 0 Å². The van der Waals surface area contributed by atoms with Crippen LogP contribution in [-0.4, -0.2) is 177 Å². The average molecular weight is 705 g/mol. The molecule has 0 radical (unpaired) electrons. The fraction of sp³-hybridized carbons (Fsp3) is 0.818. The number of carbonyl (C=O) groups excluding carboxylic acids is 6. The molecule has 0 saturated heterocycles. The summed E-state index contributed by atoms with van der Waals surface area (Å²) in [7, 11) is 8.07. The van der Waals surface area contributed by atoms with Crippen molar-refractivity contribution in [3.63, 3.8) is 0 Å². The van der Waals surface area contributed by atoms with Crippen molar-refractivity contribution in [3.05, 3.63) is 0 Å². The van der Waals surface area contributed by atoms with Crippen molar-refractivity contribution in [2.75, 3.05) is 121 Å². The Hall–Kier alpha value is -3.34. The molecule has 0 unspecified atom stereocenters. The summed E-state index contributed by atoms with van der Waals surface area (Å²) in [6, 6.07) is 0. The minimum atomic E-state index is -0.322. The Kier molecular flexibility index (Phi) is 27.6. The molecule has 0 saturated carbocycles. The highest BCUT2D eigenvalue weighted by Crippen LogP contribution is 2.07. The molecule has 0 aromatic carbocycles. The summed E-state index contributed by atoms with van der Waals surface area (Å²) >= 11 is 0. The van der Waals surface area contributed by atoms with Crippen molar-refractivity contribution in [2.24, 2.45) is 0 Å². The smallest absolute Gasteiger partial charge is 0.306 e. The summed E-state index contributed by atoms with van der Waals surface area (Å²) in [5.74, 6) is -1.93. The number of hydrogen-bond acceptors (Lipinski definition) is 16. The standard InChI is InChI=1S/C33H60N4O12/c1-44-28(38)10-22-35(23-11-29(39)45-2)19-7-16-34(17-8-20-36(24-12-30(40)46-3)25-13-31(41)47-4)18-9-21-37(26-14-32(42)48-5)27-15-33(43)49-6/h7-27H2,1-6H3. The Morgan fingerprint density at radius 2 is 0.429 bits per heavy atom. The Bertz CT molecular complexity index is 789.